The molecule has 0 aliphatic heterocycles. The molecule has 0 saturated heterocycles. The van der Waals surface area contributed by atoms with Crippen molar-refractivity contribution in [3.05, 3.63) is 86.5 Å². The van der Waals surface area contributed by atoms with E-state index in [9.17, 15) is 15.0 Å². The number of phenolic OH excluding ortho intramolecular Hbond substituents is 1. The van der Waals surface area contributed by atoms with Crippen LogP contribution < -0.4 is 10.5 Å². The lowest BCUT2D eigenvalue weighted by molar-refractivity contribution is 0.419. The van der Waals surface area contributed by atoms with Crippen molar-refractivity contribution in [2.75, 3.05) is 19.0 Å². The third kappa shape index (κ3) is 4.98. The Bertz CT molecular complexity index is 1200. The molecule has 0 amide bonds. The summed E-state index contributed by atoms with van der Waals surface area (Å²) in [7, 11) is 3.94. The van der Waals surface area contributed by atoms with E-state index in [1.165, 1.54) is 6.07 Å². The summed E-state index contributed by atoms with van der Waals surface area (Å²) < 4.78 is 5.42. The molecule has 0 unspecified atom stereocenters. The van der Waals surface area contributed by atoms with Crippen molar-refractivity contribution in [2.24, 2.45) is 0 Å². The van der Waals surface area contributed by atoms with E-state index >= 15 is 0 Å². The molecule has 0 fully saturated rings. The average Bonchev–Trinajstić information content (AvgIpc) is 2.69. The first kappa shape index (κ1) is 25.4. The maximum atomic E-state index is 13.1. The van der Waals surface area contributed by atoms with Crippen LogP contribution >= 0.6 is 0 Å². The summed E-state index contributed by atoms with van der Waals surface area (Å²) in [4.78, 5) is 15.1. The Hall–Kier alpha value is -3.21. The van der Waals surface area contributed by atoms with Crippen LogP contribution in [0.4, 0.5) is 5.69 Å². The van der Waals surface area contributed by atoms with E-state index in [1.54, 1.807) is 6.92 Å². The summed E-state index contributed by atoms with van der Waals surface area (Å²) in [6.07, 6.45) is 0. The predicted octanol–water partition coefficient (Wildman–Crippen LogP) is 6.20. The fraction of sp³-hybridized carbons (Fsp3) is 0.414. The van der Waals surface area contributed by atoms with Gasteiger partial charge in [-0.05, 0) is 52.1 Å². The van der Waals surface area contributed by atoms with Gasteiger partial charge >= 0.3 is 5.63 Å². The minimum absolute atomic E-state index is 0.0990. The van der Waals surface area contributed by atoms with Gasteiger partial charge in [-0.1, -0.05) is 65.8 Å². The van der Waals surface area contributed by atoms with Gasteiger partial charge in [-0.15, -0.1) is 0 Å². The normalized spacial score (nSPS) is 13.1. The lowest BCUT2D eigenvalue weighted by Crippen LogP contribution is -2.21. The molecule has 1 atom stereocenters. The van der Waals surface area contributed by atoms with Gasteiger partial charge in [0.05, 0.1) is 5.56 Å². The summed E-state index contributed by atoms with van der Waals surface area (Å²) in [6, 6.07) is 13.3. The molecule has 0 aliphatic rings. The van der Waals surface area contributed by atoms with Gasteiger partial charge < -0.3 is 19.5 Å². The SMILES string of the molecule is Cc1cc(O)c([C@H](c2ccc(N(C)C)cc2)c2cc(C(C)(C)C)c(O)c(C(C)(C)C)c2)c(=O)o1. The molecule has 1 heterocycles. The highest BCUT2D eigenvalue weighted by Gasteiger charge is 2.31. The first-order chi connectivity index (χ1) is 15.6. The van der Waals surface area contributed by atoms with Crippen LogP contribution in [0, 0.1) is 6.92 Å². The number of anilines is 1. The summed E-state index contributed by atoms with van der Waals surface area (Å²) in [5, 5.41) is 22.1. The minimum Gasteiger partial charge on any atom is -0.507 e. The van der Waals surface area contributed by atoms with E-state index in [2.05, 4.69) is 41.5 Å². The number of phenols is 1. The lowest BCUT2D eigenvalue weighted by atomic mass is 9.75. The summed E-state index contributed by atoms with van der Waals surface area (Å²) in [6.45, 7) is 14.0. The molecule has 0 saturated carbocycles. The molecule has 34 heavy (non-hydrogen) atoms. The number of aryl methyl sites for hydroxylation is 1. The zero-order chi connectivity index (χ0) is 25.6. The molecule has 182 valence electrons. The number of rotatable bonds is 4. The monoisotopic (exact) mass is 463 g/mol. The Balaban J connectivity index is 2.41. The van der Waals surface area contributed by atoms with Crippen LogP contribution in [-0.2, 0) is 10.8 Å². The van der Waals surface area contributed by atoms with Crippen LogP contribution in [0.3, 0.4) is 0 Å². The molecule has 5 nitrogen and oxygen atoms in total. The largest absolute Gasteiger partial charge is 0.507 e. The maximum Gasteiger partial charge on any atom is 0.343 e. The van der Waals surface area contributed by atoms with E-state index in [1.807, 2.05) is 55.4 Å². The van der Waals surface area contributed by atoms with Gasteiger partial charge in [0.2, 0.25) is 0 Å². The van der Waals surface area contributed by atoms with Crippen LogP contribution in [0.15, 0.2) is 51.7 Å². The van der Waals surface area contributed by atoms with E-state index in [4.69, 9.17) is 4.42 Å². The average molecular weight is 464 g/mol. The van der Waals surface area contributed by atoms with Crippen molar-refractivity contribution in [1.29, 1.82) is 0 Å². The number of benzene rings is 2. The Labute approximate surface area is 202 Å². The van der Waals surface area contributed by atoms with E-state index < -0.39 is 11.5 Å². The molecule has 3 aromatic rings. The Morgan fingerprint density at radius 2 is 1.32 bits per heavy atom. The molecule has 3 rings (SSSR count). The summed E-state index contributed by atoms with van der Waals surface area (Å²) in [5.41, 5.74) is 3.23. The van der Waals surface area contributed by atoms with Crippen LogP contribution in [0.5, 0.6) is 11.5 Å². The number of hydrogen-bond acceptors (Lipinski definition) is 5. The van der Waals surface area contributed by atoms with Crippen molar-refractivity contribution in [1.82, 2.24) is 0 Å². The fourth-order valence-electron chi connectivity index (χ4n) is 4.33. The van der Waals surface area contributed by atoms with Gasteiger partial charge in [-0.25, -0.2) is 4.79 Å². The van der Waals surface area contributed by atoms with E-state index in [0.29, 0.717) is 5.76 Å². The zero-order valence-electron chi connectivity index (χ0n) is 21.8. The number of hydrogen-bond donors (Lipinski definition) is 2. The molecule has 2 N–H and O–H groups in total. The molecule has 0 radical (unpaired) electrons. The standard InChI is InChI=1S/C29H37NO4/c1-17-14-23(31)25(27(33)34-17)24(18-10-12-20(13-11-18)30(8)9)19-15-21(28(2,3)4)26(32)22(16-19)29(5,6)7/h10-16,24,31-32H,1-9H3/t24-/m1/s1. The topological polar surface area (TPSA) is 73.9 Å². The predicted molar refractivity (Wildman–Crippen MR) is 139 cm³/mol. The number of nitrogens with zero attached hydrogens (tertiary/aromatic N) is 1. The second-order valence-corrected chi connectivity index (χ2v) is 11.3. The highest BCUT2D eigenvalue weighted by molar-refractivity contribution is 5.57. The quantitative estimate of drug-likeness (QED) is 0.482. The van der Waals surface area contributed by atoms with Crippen molar-refractivity contribution in [3.63, 3.8) is 0 Å². The van der Waals surface area contributed by atoms with Crippen LogP contribution in [-0.4, -0.2) is 24.3 Å². The molecular formula is C29H37NO4. The minimum atomic E-state index is -0.573. The van der Waals surface area contributed by atoms with E-state index in [-0.39, 0.29) is 27.9 Å². The Kier molecular flexibility index (Phi) is 6.62. The molecule has 5 heteroatoms. The second-order valence-electron chi connectivity index (χ2n) is 11.3. The van der Waals surface area contributed by atoms with Gasteiger partial charge in [0.25, 0.3) is 0 Å². The van der Waals surface area contributed by atoms with Crippen LogP contribution in [0.25, 0.3) is 0 Å². The summed E-state index contributed by atoms with van der Waals surface area (Å²) in [5.74, 6) is -0.0518. The Morgan fingerprint density at radius 1 is 0.824 bits per heavy atom. The summed E-state index contributed by atoms with van der Waals surface area (Å²) >= 11 is 0. The molecule has 0 bridgehead atoms. The molecular weight excluding hydrogens is 426 g/mol. The molecule has 1 aromatic heterocycles. The van der Waals surface area contributed by atoms with Gasteiger partial charge in [0.1, 0.15) is 17.3 Å². The van der Waals surface area contributed by atoms with Crippen molar-refractivity contribution >= 4 is 5.69 Å². The van der Waals surface area contributed by atoms with Gasteiger partial charge in [0.15, 0.2) is 0 Å². The van der Waals surface area contributed by atoms with Crippen LogP contribution in [0.2, 0.25) is 0 Å². The zero-order valence-corrected chi connectivity index (χ0v) is 21.8. The first-order valence-corrected chi connectivity index (χ1v) is 11.6. The molecule has 0 spiro atoms. The third-order valence-electron chi connectivity index (χ3n) is 6.20. The van der Waals surface area contributed by atoms with Crippen LogP contribution in [0.1, 0.15) is 81.0 Å². The van der Waals surface area contributed by atoms with Crippen molar-refractivity contribution in [3.8, 4) is 11.5 Å². The van der Waals surface area contributed by atoms with Crippen molar-refractivity contribution < 1.29 is 14.6 Å². The lowest BCUT2D eigenvalue weighted by Gasteiger charge is -2.30. The second kappa shape index (κ2) is 8.86. The van der Waals surface area contributed by atoms with Gasteiger partial charge in [-0.3, -0.25) is 0 Å². The third-order valence-corrected chi connectivity index (χ3v) is 6.20. The van der Waals surface area contributed by atoms with E-state index in [0.717, 1.165) is 27.9 Å². The molecule has 0 aliphatic carbocycles. The molecule has 2 aromatic carbocycles. The highest BCUT2D eigenvalue weighted by Crippen LogP contribution is 2.44. The van der Waals surface area contributed by atoms with Crippen molar-refractivity contribution in [2.45, 2.75) is 65.2 Å². The first-order valence-electron chi connectivity index (χ1n) is 11.6. The highest BCUT2D eigenvalue weighted by atomic mass is 16.4. The maximum absolute atomic E-state index is 13.1. The van der Waals surface area contributed by atoms with Gasteiger partial charge in [0, 0.05) is 31.8 Å². The fourth-order valence-corrected chi connectivity index (χ4v) is 4.33. The Morgan fingerprint density at radius 3 is 1.74 bits per heavy atom. The smallest absolute Gasteiger partial charge is 0.343 e. The number of aromatic hydroxyl groups is 2. The van der Waals surface area contributed by atoms with Gasteiger partial charge in [-0.2, -0.15) is 0 Å².